The molecule has 0 saturated heterocycles. The van der Waals surface area contributed by atoms with Gasteiger partial charge in [0.05, 0.1) is 17.6 Å². The Kier molecular flexibility index (Phi) is 5.01. The fraction of sp³-hybridized carbons (Fsp3) is 0.250. The van der Waals surface area contributed by atoms with Gasteiger partial charge in [-0.15, -0.1) is 0 Å². The Labute approximate surface area is 127 Å². The smallest absolute Gasteiger partial charge is 0.137 e. The summed E-state index contributed by atoms with van der Waals surface area (Å²) < 4.78 is 19.1. The van der Waals surface area contributed by atoms with Crippen molar-refractivity contribution in [1.29, 1.82) is 0 Å². The van der Waals surface area contributed by atoms with Crippen molar-refractivity contribution in [2.75, 3.05) is 12.4 Å². The Morgan fingerprint density at radius 1 is 1.25 bits per heavy atom. The van der Waals surface area contributed by atoms with Gasteiger partial charge in [0.15, 0.2) is 0 Å². The maximum Gasteiger partial charge on any atom is 0.137 e. The number of para-hydroxylation sites is 1. The summed E-state index contributed by atoms with van der Waals surface area (Å²) in [4.78, 5) is 0. The molecule has 0 aliphatic heterocycles. The Balaban J connectivity index is 2.26. The zero-order chi connectivity index (χ0) is 14.5. The van der Waals surface area contributed by atoms with Crippen LogP contribution < -0.4 is 10.1 Å². The Hall–Kier alpha value is -1.55. The molecule has 0 heterocycles. The summed E-state index contributed by atoms with van der Waals surface area (Å²) in [6.07, 6.45) is 0.898. The average Bonchev–Trinajstić information content (AvgIpc) is 2.48. The normalized spacial score (nSPS) is 12.0. The second-order valence-electron chi connectivity index (χ2n) is 4.48. The number of nitrogens with one attached hydrogen (secondary N) is 1. The molecule has 0 aromatic heterocycles. The number of ether oxygens (including phenoxy) is 1. The lowest BCUT2D eigenvalue weighted by molar-refractivity contribution is 0.406. The number of hydrogen-bond acceptors (Lipinski definition) is 2. The molecule has 0 fully saturated rings. The minimum absolute atomic E-state index is 0.114. The number of rotatable bonds is 5. The fourth-order valence-electron chi connectivity index (χ4n) is 2.14. The lowest BCUT2D eigenvalue weighted by Gasteiger charge is -2.21. The molecule has 1 unspecified atom stereocenters. The molecule has 106 valence electrons. The third-order valence-corrected chi connectivity index (χ3v) is 3.79. The van der Waals surface area contributed by atoms with Crippen molar-refractivity contribution in [2.24, 2.45) is 0 Å². The minimum Gasteiger partial charge on any atom is -0.496 e. The third-order valence-electron chi connectivity index (χ3n) is 3.18. The second kappa shape index (κ2) is 6.75. The topological polar surface area (TPSA) is 21.3 Å². The van der Waals surface area contributed by atoms with Gasteiger partial charge < -0.3 is 10.1 Å². The van der Waals surface area contributed by atoms with Gasteiger partial charge in [0.1, 0.15) is 11.6 Å². The summed E-state index contributed by atoms with van der Waals surface area (Å²) in [7, 11) is 1.67. The molecular formula is C16H17BrFNO. The standard InChI is InChI=1S/C16H17BrFNO/c1-3-15(12-6-4-5-7-16(12)20-2)19-11-8-9-14(18)13(17)10-11/h4-10,15,19H,3H2,1-2H3. The fourth-order valence-corrected chi connectivity index (χ4v) is 2.52. The lowest BCUT2D eigenvalue weighted by Crippen LogP contribution is -2.11. The summed E-state index contributed by atoms with van der Waals surface area (Å²) in [5, 5.41) is 3.41. The predicted molar refractivity (Wildman–Crippen MR) is 83.7 cm³/mol. The summed E-state index contributed by atoms with van der Waals surface area (Å²) in [6.45, 7) is 2.10. The molecule has 0 spiro atoms. The third kappa shape index (κ3) is 3.31. The summed E-state index contributed by atoms with van der Waals surface area (Å²) in [5.74, 6) is 0.592. The molecule has 0 amide bonds. The van der Waals surface area contributed by atoms with E-state index in [4.69, 9.17) is 4.74 Å². The highest BCUT2D eigenvalue weighted by Crippen LogP contribution is 2.31. The van der Waals surface area contributed by atoms with Gasteiger partial charge in [-0.25, -0.2) is 4.39 Å². The van der Waals surface area contributed by atoms with Crippen LogP contribution in [0.3, 0.4) is 0 Å². The molecule has 0 radical (unpaired) electrons. The summed E-state index contributed by atoms with van der Waals surface area (Å²) in [5.41, 5.74) is 1.97. The molecule has 20 heavy (non-hydrogen) atoms. The predicted octanol–water partition coefficient (Wildman–Crippen LogP) is 5.16. The van der Waals surface area contributed by atoms with Crippen molar-refractivity contribution in [2.45, 2.75) is 19.4 Å². The lowest BCUT2D eigenvalue weighted by atomic mass is 10.0. The van der Waals surface area contributed by atoms with E-state index in [9.17, 15) is 4.39 Å². The van der Waals surface area contributed by atoms with Crippen molar-refractivity contribution in [3.8, 4) is 5.75 Å². The van der Waals surface area contributed by atoms with E-state index in [-0.39, 0.29) is 11.9 Å². The van der Waals surface area contributed by atoms with Gasteiger partial charge in [-0.2, -0.15) is 0 Å². The van der Waals surface area contributed by atoms with Crippen LogP contribution in [0.5, 0.6) is 5.75 Å². The van der Waals surface area contributed by atoms with Crippen LogP contribution in [0.1, 0.15) is 24.9 Å². The minimum atomic E-state index is -0.263. The number of methoxy groups -OCH3 is 1. The maximum atomic E-state index is 13.3. The molecule has 2 aromatic carbocycles. The Morgan fingerprint density at radius 3 is 2.65 bits per heavy atom. The van der Waals surface area contributed by atoms with Crippen molar-refractivity contribution >= 4 is 21.6 Å². The Bertz CT molecular complexity index is 588. The van der Waals surface area contributed by atoms with Crippen LogP contribution in [0.4, 0.5) is 10.1 Å². The largest absolute Gasteiger partial charge is 0.496 e. The second-order valence-corrected chi connectivity index (χ2v) is 5.33. The molecule has 2 nitrogen and oxygen atoms in total. The molecule has 2 rings (SSSR count). The molecular weight excluding hydrogens is 321 g/mol. The molecule has 0 saturated carbocycles. The van der Waals surface area contributed by atoms with Crippen LogP contribution in [0.25, 0.3) is 0 Å². The van der Waals surface area contributed by atoms with Crippen molar-refractivity contribution < 1.29 is 9.13 Å². The molecule has 0 aliphatic rings. The number of benzene rings is 2. The summed E-state index contributed by atoms with van der Waals surface area (Å²) >= 11 is 3.20. The number of hydrogen-bond donors (Lipinski definition) is 1. The molecule has 4 heteroatoms. The molecule has 0 aliphatic carbocycles. The molecule has 1 N–H and O–H groups in total. The maximum absolute atomic E-state index is 13.3. The van der Waals surface area contributed by atoms with E-state index in [1.54, 1.807) is 19.2 Å². The zero-order valence-electron chi connectivity index (χ0n) is 11.5. The van der Waals surface area contributed by atoms with Crippen molar-refractivity contribution in [3.63, 3.8) is 0 Å². The van der Waals surface area contributed by atoms with E-state index >= 15 is 0 Å². The highest BCUT2D eigenvalue weighted by molar-refractivity contribution is 9.10. The van der Waals surface area contributed by atoms with Crippen molar-refractivity contribution in [3.05, 3.63) is 58.3 Å². The quantitative estimate of drug-likeness (QED) is 0.813. The van der Waals surface area contributed by atoms with E-state index in [0.717, 1.165) is 23.4 Å². The van der Waals surface area contributed by atoms with Crippen LogP contribution in [-0.4, -0.2) is 7.11 Å². The van der Waals surface area contributed by atoms with Crippen LogP contribution in [0.2, 0.25) is 0 Å². The first-order valence-corrected chi connectivity index (χ1v) is 7.29. The number of anilines is 1. The Morgan fingerprint density at radius 2 is 2.00 bits per heavy atom. The summed E-state index contributed by atoms with van der Waals surface area (Å²) in [6, 6.07) is 13.0. The number of halogens is 2. The van der Waals surface area contributed by atoms with Gasteiger partial charge >= 0.3 is 0 Å². The van der Waals surface area contributed by atoms with Gasteiger partial charge in [0, 0.05) is 11.3 Å². The van der Waals surface area contributed by atoms with Gasteiger partial charge in [-0.05, 0) is 46.6 Å². The zero-order valence-corrected chi connectivity index (χ0v) is 13.1. The van der Waals surface area contributed by atoms with Gasteiger partial charge in [-0.3, -0.25) is 0 Å². The van der Waals surface area contributed by atoms with Gasteiger partial charge in [-0.1, -0.05) is 25.1 Å². The van der Waals surface area contributed by atoms with E-state index in [1.807, 2.05) is 24.3 Å². The van der Waals surface area contributed by atoms with E-state index in [1.165, 1.54) is 6.07 Å². The molecule has 2 aromatic rings. The first-order chi connectivity index (χ1) is 9.65. The highest BCUT2D eigenvalue weighted by atomic mass is 79.9. The van der Waals surface area contributed by atoms with Gasteiger partial charge in [0.2, 0.25) is 0 Å². The van der Waals surface area contributed by atoms with Crippen LogP contribution >= 0.6 is 15.9 Å². The highest BCUT2D eigenvalue weighted by Gasteiger charge is 2.14. The van der Waals surface area contributed by atoms with Crippen LogP contribution in [0.15, 0.2) is 46.9 Å². The van der Waals surface area contributed by atoms with Gasteiger partial charge in [0.25, 0.3) is 0 Å². The van der Waals surface area contributed by atoms with E-state index < -0.39 is 0 Å². The van der Waals surface area contributed by atoms with Crippen molar-refractivity contribution in [1.82, 2.24) is 0 Å². The van der Waals surface area contributed by atoms with E-state index in [2.05, 4.69) is 28.2 Å². The monoisotopic (exact) mass is 337 g/mol. The average molecular weight is 338 g/mol. The molecule has 0 bridgehead atoms. The first-order valence-electron chi connectivity index (χ1n) is 6.50. The SMILES string of the molecule is CCC(Nc1ccc(F)c(Br)c1)c1ccccc1OC. The van der Waals surface area contributed by atoms with E-state index in [0.29, 0.717) is 4.47 Å². The first kappa shape index (κ1) is 14.9. The van der Waals surface area contributed by atoms with Crippen LogP contribution in [-0.2, 0) is 0 Å². The molecule has 1 atom stereocenters. The van der Waals surface area contributed by atoms with Crippen LogP contribution in [0, 0.1) is 5.82 Å².